The van der Waals surface area contributed by atoms with Crippen LogP contribution in [0.3, 0.4) is 0 Å². The summed E-state index contributed by atoms with van der Waals surface area (Å²) in [6, 6.07) is 1.34. The number of rotatable bonds is 5. The molecule has 0 atom stereocenters. The third-order valence-electron chi connectivity index (χ3n) is 5.80. The van der Waals surface area contributed by atoms with Crippen LogP contribution in [0.1, 0.15) is 29.7 Å². The number of aromatic nitrogens is 4. The van der Waals surface area contributed by atoms with Gasteiger partial charge in [-0.05, 0) is 24.5 Å². The van der Waals surface area contributed by atoms with Crippen molar-refractivity contribution >= 4 is 23.0 Å². The van der Waals surface area contributed by atoms with Gasteiger partial charge in [0.25, 0.3) is 0 Å². The normalized spacial score (nSPS) is 17.1. The van der Waals surface area contributed by atoms with Crippen LogP contribution in [0.5, 0.6) is 0 Å². The van der Waals surface area contributed by atoms with Crippen molar-refractivity contribution in [3.63, 3.8) is 0 Å². The van der Waals surface area contributed by atoms with E-state index >= 15 is 0 Å². The van der Waals surface area contributed by atoms with Crippen LogP contribution in [-0.4, -0.2) is 43.7 Å². The van der Waals surface area contributed by atoms with E-state index in [1.807, 2.05) is 6.08 Å². The quantitative estimate of drug-likeness (QED) is 0.534. The van der Waals surface area contributed by atoms with Crippen molar-refractivity contribution in [3.05, 3.63) is 53.4 Å². The standard InChI is InChI=1S/C20H18F4N6O/c21-15-5-11(8-30-12(9-31)6-26-17(15)30)13-1-4-25-16-14(13)7-27-18(29-16)28-10-19(2-3-19)20(22,23)24/h1,5-8,31H,2-4,9-10H2,(H2,25,27,28,29). The molecule has 3 aromatic heterocycles. The number of nitrogens with zero attached hydrogens (tertiary/aromatic N) is 4. The molecule has 1 fully saturated rings. The number of anilines is 2. The van der Waals surface area contributed by atoms with E-state index < -0.39 is 17.4 Å². The topological polar surface area (TPSA) is 87.4 Å². The Labute approximate surface area is 173 Å². The zero-order chi connectivity index (χ0) is 21.8. The Morgan fingerprint density at radius 3 is 2.74 bits per heavy atom. The molecule has 0 radical (unpaired) electrons. The van der Waals surface area contributed by atoms with Crippen LogP contribution < -0.4 is 10.6 Å². The highest BCUT2D eigenvalue weighted by molar-refractivity contribution is 5.87. The molecule has 31 heavy (non-hydrogen) atoms. The molecular formula is C20H18F4N6O. The van der Waals surface area contributed by atoms with Crippen LogP contribution in [0.15, 0.2) is 30.7 Å². The number of halogens is 4. The van der Waals surface area contributed by atoms with Gasteiger partial charge in [-0.2, -0.15) is 18.2 Å². The van der Waals surface area contributed by atoms with Crippen LogP contribution in [0.2, 0.25) is 0 Å². The van der Waals surface area contributed by atoms with Gasteiger partial charge in [-0.25, -0.2) is 14.4 Å². The first kappa shape index (κ1) is 19.7. The van der Waals surface area contributed by atoms with Crippen molar-refractivity contribution < 1.29 is 22.7 Å². The zero-order valence-corrected chi connectivity index (χ0v) is 16.2. The molecule has 7 nitrogen and oxygen atoms in total. The van der Waals surface area contributed by atoms with Gasteiger partial charge in [0.2, 0.25) is 5.95 Å². The molecule has 0 amide bonds. The van der Waals surface area contributed by atoms with E-state index in [9.17, 15) is 22.7 Å². The highest BCUT2D eigenvalue weighted by atomic mass is 19.4. The fraction of sp³-hybridized carbons (Fsp3) is 0.350. The number of aliphatic hydroxyl groups is 1. The molecule has 1 saturated carbocycles. The van der Waals surface area contributed by atoms with Crippen LogP contribution in [0.4, 0.5) is 29.3 Å². The first-order chi connectivity index (χ1) is 14.8. The van der Waals surface area contributed by atoms with Crippen molar-refractivity contribution in [1.29, 1.82) is 0 Å². The number of aliphatic hydroxyl groups excluding tert-OH is 1. The third kappa shape index (κ3) is 3.29. The number of nitrogens with one attached hydrogen (secondary N) is 2. The molecule has 0 bridgehead atoms. The molecule has 0 aromatic carbocycles. The number of imidazole rings is 1. The number of hydrogen-bond acceptors (Lipinski definition) is 6. The summed E-state index contributed by atoms with van der Waals surface area (Å²) >= 11 is 0. The second kappa shape index (κ2) is 6.91. The summed E-state index contributed by atoms with van der Waals surface area (Å²) in [7, 11) is 0. The Bertz CT molecular complexity index is 1200. The first-order valence-electron chi connectivity index (χ1n) is 9.70. The average molecular weight is 434 g/mol. The Morgan fingerprint density at radius 1 is 1.23 bits per heavy atom. The number of hydrogen-bond donors (Lipinski definition) is 3. The summed E-state index contributed by atoms with van der Waals surface area (Å²) in [4.78, 5) is 12.5. The molecule has 1 aliphatic carbocycles. The molecule has 3 N–H and O–H groups in total. The van der Waals surface area contributed by atoms with Gasteiger partial charge >= 0.3 is 6.18 Å². The Kier molecular flexibility index (Phi) is 4.40. The summed E-state index contributed by atoms with van der Waals surface area (Å²) in [5.41, 5.74) is 0.661. The van der Waals surface area contributed by atoms with E-state index in [0.717, 1.165) is 0 Å². The Hall–Kier alpha value is -3.21. The van der Waals surface area contributed by atoms with E-state index in [0.29, 0.717) is 34.8 Å². The Balaban J connectivity index is 1.44. The maximum Gasteiger partial charge on any atom is 0.396 e. The molecular weight excluding hydrogens is 416 g/mol. The lowest BCUT2D eigenvalue weighted by Gasteiger charge is -2.21. The van der Waals surface area contributed by atoms with Crippen molar-refractivity contribution in [3.8, 4) is 0 Å². The van der Waals surface area contributed by atoms with Gasteiger partial charge in [-0.1, -0.05) is 6.08 Å². The third-order valence-corrected chi connectivity index (χ3v) is 5.80. The predicted molar refractivity (Wildman–Crippen MR) is 105 cm³/mol. The lowest BCUT2D eigenvalue weighted by atomic mass is 9.98. The molecule has 2 aliphatic rings. The second-order valence-corrected chi connectivity index (χ2v) is 7.76. The van der Waals surface area contributed by atoms with Crippen LogP contribution in [0.25, 0.3) is 11.2 Å². The van der Waals surface area contributed by atoms with Gasteiger partial charge in [0, 0.05) is 36.6 Å². The van der Waals surface area contributed by atoms with Gasteiger partial charge in [0.1, 0.15) is 5.82 Å². The summed E-state index contributed by atoms with van der Waals surface area (Å²) < 4.78 is 55.4. The molecule has 3 aromatic rings. The van der Waals surface area contributed by atoms with Gasteiger partial charge < -0.3 is 15.7 Å². The lowest BCUT2D eigenvalue weighted by molar-refractivity contribution is -0.182. The average Bonchev–Trinajstić information content (AvgIpc) is 3.44. The predicted octanol–water partition coefficient (Wildman–Crippen LogP) is 3.37. The van der Waals surface area contributed by atoms with Crippen LogP contribution in [0, 0.1) is 11.2 Å². The lowest BCUT2D eigenvalue weighted by Crippen LogP contribution is -2.32. The number of pyridine rings is 1. The largest absolute Gasteiger partial charge is 0.396 e. The summed E-state index contributed by atoms with van der Waals surface area (Å²) in [5, 5.41) is 15.2. The fourth-order valence-electron chi connectivity index (χ4n) is 3.75. The molecule has 0 unspecified atom stereocenters. The van der Waals surface area contributed by atoms with Crippen molar-refractivity contribution in [2.45, 2.75) is 25.6 Å². The van der Waals surface area contributed by atoms with Gasteiger partial charge in [-0.3, -0.25) is 4.40 Å². The maximum absolute atomic E-state index is 14.6. The Morgan fingerprint density at radius 2 is 2.03 bits per heavy atom. The number of fused-ring (bicyclic) bond motifs is 2. The van der Waals surface area contributed by atoms with Crippen molar-refractivity contribution in [2.75, 3.05) is 23.7 Å². The molecule has 162 valence electrons. The van der Waals surface area contributed by atoms with E-state index in [4.69, 9.17) is 0 Å². The van der Waals surface area contributed by atoms with Crippen LogP contribution in [-0.2, 0) is 6.61 Å². The smallest absolute Gasteiger partial charge is 0.390 e. The monoisotopic (exact) mass is 434 g/mol. The van der Waals surface area contributed by atoms with E-state index in [2.05, 4.69) is 25.6 Å². The van der Waals surface area contributed by atoms with E-state index in [-0.39, 0.29) is 37.6 Å². The van der Waals surface area contributed by atoms with Crippen LogP contribution >= 0.6 is 0 Å². The minimum Gasteiger partial charge on any atom is -0.390 e. The van der Waals surface area contributed by atoms with E-state index in [1.165, 1.54) is 22.9 Å². The summed E-state index contributed by atoms with van der Waals surface area (Å²) in [5.74, 6) is 0.00137. The molecule has 0 spiro atoms. The van der Waals surface area contributed by atoms with Gasteiger partial charge in [0.05, 0.1) is 23.9 Å². The van der Waals surface area contributed by atoms with E-state index in [1.54, 1.807) is 6.20 Å². The van der Waals surface area contributed by atoms with Crippen molar-refractivity contribution in [2.24, 2.45) is 5.41 Å². The first-order valence-corrected chi connectivity index (χ1v) is 9.70. The highest BCUT2D eigenvalue weighted by Gasteiger charge is 2.62. The zero-order valence-electron chi connectivity index (χ0n) is 16.2. The highest BCUT2D eigenvalue weighted by Crippen LogP contribution is 2.57. The maximum atomic E-state index is 14.6. The summed E-state index contributed by atoms with van der Waals surface area (Å²) in [6.45, 7) is -0.162. The van der Waals surface area contributed by atoms with Gasteiger partial charge in [0.15, 0.2) is 11.5 Å². The molecule has 0 saturated heterocycles. The minimum atomic E-state index is -4.26. The van der Waals surface area contributed by atoms with Crippen molar-refractivity contribution in [1.82, 2.24) is 19.4 Å². The molecule has 1 aliphatic heterocycles. The SMILES string of the molecule is OCc1cnc2c(F)cc(C3=CCNc4nc(NCC5(C(F)(F)F)CC5)ncc43)cn12. The molecule has 4 heterocycles. The fourth-order valence-corrected chi connectivity index (χ4v) is 3.75. The molecule has 11 heteroatoms. The second-order valence-electron chi connectivity index (χ2n) is 7.76. The van der Waals surface area contributed by atoms with Gasteiger partial charge in [-0.15, -0.1) is 0 Å². The minimum absolute atomic E-state index is 0.0949. The summed E-state index contributed by atoms with van der Waals surface area (Å²) in [6.07, 6.45) is 2.35. The number of alkyl halides is 3. The molecule has 5 rings (SSSR count).